The van der Waals surface area contributed by atoms with Crippen molar-refractivity contribution in [3.05, 3.63) is 46.3 Å². The van der Waals surface area contributed by atoms with Gasteiger partial charge < -0.3 is 24.5 Å². The minimum Gasteiger partial charge on any atom is -0.490 e. The van der Waals surface area contributed by atoms with Crippen LogP contribution in [0.1, 0.15) is 64.9 Å². The van der Waals surface area contributed by atoms with Crippen LogP contribution in [0.2, 0.25) is 0 Å². The number of amides is 3. The number of rotatable bonds is 6. The van der Waals surface area contributed by atoms with Crippen LogP contribution < -0.4 is 14.8 Å². The van der Waals surface area contributed by atoms with E-state index in [0.717, 1.165) is 11.3 Å². The summed E-state index contributed by atoms with van der Waals surface area (Å²) in [6.07, 6.45) is 0.736. The number of ketones is 1. The Morgan fingerprint density at radius 2 is 1.86 bits per heavy atom. The van der Waals surface area contributed by atoms with Gasteiger partial charge in [0.2, 0.25) is 5.78 Å². The molecule has 2 atom stereocenters. The maximum absolute atomic E-state index is 13.5. The Labute approximate surface area is 202 Å². The molecule has 1 aromatic heterocycles. The smallest absolute Gasteiger partial charge is 0.340 e. The van der Waals surface area contributed by atoms with Gasteiger partial charge >= 0.3 is 12.0 Å². The van der Waals surface area contributed by atoms with Gasteiger partial charge in [-0.25, -0.2) is 9.59 Å². The van der Waals surface area contributed by atoms with Crippen molar-refractivity contribution >= 4 is 23.7 Å². The largest absolute Gasteiger partial charge is 0.490 e. The van der Waals surface area contributed by atoms with Crippen molar-refractivity contribution in [1.29, 1.82) is 0 Å². The van der Waals surface area contributed by atoms with Crippen molar-refractivity contribution < 1.29 is 33.4 Å². The minimum absolute atomic E-state index is 0.155. The molecule has 10 heteroatoms. The zero-order valence-corrected chi connectivity index (χ0v) is 20.4. The van der Waals surface area contributed by atoms with Gasteiger partial charge in [-0.2, -0.15) is 0 Å². The van der Waals surface area contributed by atoms with E-state index in [1.54, 1.807) is 45.9 Å². The number of H-pyrrole nitrogens is 1. The van der Waals surface area contributed by atoms with Crippen molar-refractivity contribution in [3.8, 4) is 11.5 Å². The number of benzene rings is 1. The third-order valence-corrected chi connectivity index (χ3v) is 6.48. The number of aromatic amines is 1. The average Bonchev–Trinajstić information content (AvgIpc) is 3.10. The molecule has 0 aliphatic carbocycles. The number of fused-ring (bicyclic) bond motifs is 1. The number of nitrogens with zero attached hydrogens (tertiary/aromatic N) is 1. The summed E-state index contributed by atoms with van der Waals surface area (Å²) < 4.78 is 16.5. The predicted molar refractivity (Wildman–Crippen MR) is 125 cm³/mol. The van der Waals surface area contributed by atoms with Crippen molar-refractivity contribution in [2.75, 3.05) is 19.8 Å². The molecule has 0 spiro atoms. The van der Waals surface area contributed by atoms with Gasteiger partial charge in [0.25, 0.3) is 5.91 Å². The molecule has 0 unspecified atom stereocenters. The first-order valence-electron chi connectivity index (χ1n) is 11.6. The van der Waals surface area contributed by atoms with Gasteiger partial charge in [0.15, 0.2) is 11.5 Å². The van der Waals surface area contributed by atoms with E-state index in [2.05, 4.69) is 10.3 Å². The monoisotopic (exact) mass is 483 g/mol. The van der Waals surface area contributed by atoms with Crippen LogP contribution in [0, 0.1) is 13.8 Å². The van der Waals surface area contributed by atoms with Crippen molar-refractivity contribution in [2.24, 2.45) is 0 Å². The molecule has 3 heterocycles. The number of esters is 1. The summed E-state index contributed by atoms with van der Waals surface area (Å²) in [6, 6.07) is 3.29. The number of nitrogens with one attached hydrogen (secondary N) is 2. The second-order valence-electron chi connectivity index (χ2n) is 8.83. The molecular weight excluding hydrogens is 454 g/mol. The topological polar surface area (TPSA) is 127 Å². The first-order valence-corrected chi connectivity index (χ1v) is 11.6. The number of ether oxygens (including phenoxy) is 3. The molecule has 2 N–H and O–H groups in total. The highest BCUT2D eigenvalue weighted by Crippen LogP contribution is 2.37. The number of aromatic nitrogens is 1. The Morgan fingerprint density at radius 3 is 2.54 bits per heavy atom. The zero-order chi connectivity index (χ0) is 25.5. The summed E-state index contributed by atoms with van der Waals surface area (Å²) in [5.74, 6) is -0.531. The highest BCUT2D eigenvalue weighted by atomic mass is 16.5. The van der Waals surface area contributed by atoms with Crippen LogP contribution in [0.5, 0.6) is 11.5 Å². The third-order valence-electron chi connectivity index (χ3n) is 6.48. The van der Waals surface area contributed by atoms with Gasteiger partial charge in [-0.15, -0.1) is 0 Å². The minimum atomic E-state index is -1.40. The Hall–Kier alpha value is -3.82. The van der Waals surface area contributed by atoms with E-state index >= 15 is 0 Å². The fraction of sp³-hybridized carbons (Fsp3) is 0.440. The SMILES string of the molecule is CCOC(=O)c1c(C)[nH]c(C(=O)[C@@H](C)N2C(=O)N[C@](C)(c3ccc4c(c3)OCCCO4)C2=O)c1C. The fourth-order valence-corrected chi connectivity index (χ4v) is 4.51. The second-order valence-corrected chi connectivity index (χ2v) is 8.83. The summed E-state index contributed by atoms with van der Waals surface area (Å²) in [4.78, 5) is 56.0. The number of hydrogen-bond donors (Lipinski definition) is 2. The summed E-state index contributed by atoms with van der Waals surface area (Å²) in [6.45, 7) is 9.27. The van der Waals surface area contributed by atoms with E-state index < -0.39 is 35.3 Å². The number of hydrogen-bond acceptors (Lipinski definition) is 7. The standard InChI is InChI=1S/C25H29N3O7/c1-6-33-22(30)19-13(2)20(26-14(19)3)21(29)15(4)28-23(31)25(5,27-24(28)32)16-8-9-17-18(12-16)35-11-7-10-34-17/h8-9,12,15,26H,6-7,10-11H2,1-5H3,(H,27,32)/t15-,25-/m1/s1. The van der Waals surface area contributed by atoms with E-state index in [0.29, 0.717) is 41.5 Å². The maximum atomic E-state index is 13.5. The Morgan fingerprint density at radius 1 is 1.17 bits per heavy atom. The normalized spacial score (nSPS) is 20.3. The lowest BCUT2D eigenvalue weighted by atomic mass is 9.91. The van der Waals surface area contributed by atoms with Gasteiger partial charge in [-0.05, 0) is 57.9 Å². The molecule has 2 aliphatic heterocycles. The van der Waals surface area contributed by atoms with Gasteiger partial charge in [-0.3, -0.25) is 14.5 Å². The van der Waals surface area contributed by atoms with Crippen molar-refractivity contribution in [2.45, 2.75) is 52.6 Å². The molecule has 2 aromatic rings. The first-order chi connectivity index (χ1) is 16.6. The van der Waals surface area contributed by atoms with Gasteiger partial charge in [0.05, 0.1) is 31.1 Å². The first kappa shape index (κ1) is 24.3. The summed E-state index contributed by atoms with van der Waals surface area (Å²) >= 11 is 0. The van der Waals surface area contributed by atoms with Crippen LogP contribution in [-0.2, 0) is 15.1 Å². The molecule has 0 radical (unpaired) electrons. The zero-order valence-electron chi connectivity index (χ0n) is 20.4. The van der Waals surface area contributed by atoms with Crippen LogP contribution in [0.3, 0.4) is 0 Å². The van der Waals surface area contributed by atoms with Crippen LogP contribution in [0.4, 0.5) is 4.79 Å². The number of urea groups is 1. The number of carbonyl (C=O) groups is 4. The number of Topliss-reactive ketones (excluding diaryl/α,β-unsaturated/α-hetero) is 1. The lowest BCUT2D eigenvalue weighted by Gasteiger charge is -2.25. The molecule has 1 saturated heterocycles. The molecular formula is C25H29N3O7. The van der Waals surface area contributed by atoms with Gasteiger partial charge in [-0.1, -0.05) is 6.07 Å². The third kappa shape index (κ3) is 4.02. The van der Waals surface area contributed by atoms with Gasteiger partial charge in [0.1, 0.15) is 11.6 Å². The van der Waals surface area contributed by atoms with Crippen LogP contribution >= 0.6 is 0 Å². The number of imide groups is 1. The summed E-state index contributed by atoms with van der Waals surface area (Å²) in [5, 5.41) is 2.73. The summed E-state index contributed by atoms with van der Waals surface area (Å²) in [5.41, 5.74) is 0.437. The fourth-order valence-electron chi connectivity index (χ4n) is 4.51. The quantitative estimate of drug-likeness (QED) is 0.367. The molecule has 1 fully saturated rings. The predicted octanol–water partition coefficient (Wildman–Crippen LogP) is 3.01. The molecule has 1 aromatic carbocycles. The molecule has 186 valence electrons. The molecule has 35 heavy (non-hydrogen) atoms. The molecule has 10 nitrogen and oxygen atoms in total. The molecule has 0 saturated carbocycles. The molecule has 4 rings (SSSR count). The lowest BCUT2D eigenvalue weighted by molar-refractivity contribution is -0.131. The highest BCUT2D eigenvalue weighted by Gasteiger charge is 2.52. The maximum Gasteiger partial charge on any atom is 0.340 e. The Balaban J connectivity index is 1.62. The lowest BCUT2D eigenvalue weighted by Crippen LogP contribution is -2.45. The van der Waals surface area contributed by atoms with Crippen LogP contribution in [0.25, 0.3) is 0 Å². The number of carbonyl (C=O) groups excluding carboxylic acids is 4. The summed E-state index contributed by atoms with van der Waals surface area (Å²) in [7, 11) is 0. The van der Waals surface area contributed by atoms with E-state index in [1.165, 1.54) is 6.92 Å². The van der Waals surface area contributed by atoms with Crippen molar-refractivity contribution in [3.63, 3.8) is 0 Å². The van der Waals surface area contributed by atoms with E-state index in [4.69, 9.17) is 14.2 Å². The Kier molecular flexibility index (Phi) is 6.31. The molecule has 0 bridgehead atoms. The second kappa shape index (κ2) is 9.09. The van der Waals surface area contributed by atoms with Crippen molar-refractivity contribution in [1.82, 2.24) is 15.2 Å². The van der Waals surface area contributed by atoms with E-state index in [9.17, 15) is 19.2 Å². The van der Waals surface area contributed by atoms with E-state index in [-0.39, 0.29) is 17.9 Å². The van der Waals surface area contributed by atoms with Crippen LogP contribution in [-0.4, -0.2) is 59.4 Å². The van der Waals surface area contributed by atoms with Crippen LogP contribution in [0.15, 0.2) is 18.2 Å². The van der Waals surface area contributed by atoms with Gasteiger partial charge in [0, 0.05) is 12.1 Å². The Bertz CT molecular complexity index is 1220. The average molecular weight is 484 g/mol. The highest BCUT2D eigenvalue weighted by molar-refractivity contribution is 6.13. The number of aryl methyl sites for hydroxylation is 1. The van der Waals surface area contributed by atoms with E-state index in [1.807, 2.05) is 0 Å². The molecule has 2 aliphatic rings. The molecule has 3 amide bonds.